The van der Waals surface area contributed by atoms with Crippen molar-refractivity contribution in [1.82, 2.24) is 9.55 Å². The van der Waals surface area contributed by atoms with E-state index < -0.39 is 0 Å². The lowest BCUT2D eigenvalue weighted by Crippen LogP contribution is -1.93. The van der Waals surface area contributed by atoms with Crippen LogP contribution in [-0.2, 0) is 0 Å². The van der Waals surface area contributed by atoms with E-state index in [1.165, 1.54) is 81.9 Å². The van der Waals surface area contributed by atoms with E-state index in [2.05, 4.69) is 196 Å². The molecule has 0 saturated carbocycles. The molecule has 2 aromatic heterocycles. The van der Waals surface area contributed by atoms with Crippen molar-refractivity contribution in [3.8, 4) is 50.2 Å². The fourth-order valence-corrected chi connectivity index (χ4v) is 10.1. The second-order valence-electron chi connectivity index (χ2n) is 16.7. The minimum atomic E-state index is 0.641. The van der Waals surface area contributed by atoms with Crippen molar-refractivity contribution in [2.75, 3.05) is 0 Å². The first kappa shape index (κ1) is 35.2. The van der Waals surface area contributed by atoms with Crippen molar-refractivity contribution < 1.29 is 0 Å². The Morgan fingerprint density at radius 3 is 1.54 bits per heavy atom. The van der Waals surface area contributed by atoms with Crippen LogP contribution in [-0.4, -0.2) is 9.55 Å². The number of nitrogens with zero attached hydrogens (tertiary/aromatic N) is 3. The van der Waals surface area contributed by atoms with Gasteiger partial charge in [-0.2, -0.15) is 0 Å². The van der Waals surface area contributed by atoms with Gasteiger partial charge in [-0.1, -0.05) is 140 Å². The minimum Gasteiger partial charge on any atom is -0.310 e. The molecule has 0 radical (unpaired) electrons. The quantitative estimate of drug-likeness (QED) is 0.126. The highest BCUT2D eigenvalue weighted by atomic mass is 15.0. The third-order valence-corrected chi connectivity index (χ3v) is 13.1. The van der Waals surface area contributed by atoms with Gasteiger partial charge in [0.1, 0.15) is 0 Å². The average molecular weight is 798 g/mol. The Morgan fingerprint density at radius 1 is 0.365 bits per heavy atom. The van der Waals surface area contributed by atoms with Gasteiger partial charge in [0.15, 0.2) is 5.69 Å². The zero-order valence-corrected chi connectivity index (χ0v) is 34.0. The number of benzene rings is 11. The Kier molecular flexibility index (Phi) is 7.67. The molecule has 63 heavy (non-hydrogen) atoms. The molecule has 0 bridgehead atoms. The molecule has 290 valence electrons. The third-order valence-electron chi connectivity index (χ3n) is 13.1. The molecule has 0 atom stereocenters. The summed E-state index contributed by atoms with van der Waals surface area (Å²) in [6, 6.07) is 74.8. The van der Waals surface area contributed by atoms with Crippen molar-refractivity contribution in [2.45, 2.75) is 0 Å². The van der Waals surface area contributed by atoms with Crippen LogP contribution in [0.5, 0.6) is 0 Å². The Balaban J connectivity index is 0.836. The molecular formula is C60H35N3. The summed E-state index contributed by atoms with van der Waals surface area (Å²) in [5.74, 6) is 0. The summed E-state index contributed by atoms with van der Waals surface area (Å²) in [6.45, 7) is 7.66. The van der Waals surface area contributed by atoms with Crippen molar-refractivity contribution in [1.29, 1.82) is 0 Å². The molecule has 13 aromatic rings. The van der Waals surface area contributed by atoms with E-state index in [1.807, 2.05) is 30.5 Å². The molecule has 0 aliphatic rings. The van der Waals surface area contributed by atoms with Gasteiger partial charge in [0, 0.05) is 39.1 Å². The summed E-state index contributed by atoms with van der Waals surface area (Å²) in [6.07, 6.45) is 1.87. The highest BCUT2D eigenvalue weighted by Gasteiger charge is 2.16. The lowest BCUT2D eigenvalue weighted by atomic mass is 9.89. The average Bonchev–Trinajstić information content (AvgIpc) is 3.68. The zero-order valence-electron chi connectivity index (χ0n) is 34.0. The lowest BCUT2D eigenvalue weighted by molar-refractivity contribution is 1.18. The molecule has 3 heteroatoms. The van der Waals surface area contributed by atoms with Crippen LogP contribution >= 0.6 is 0 Å². The maximum Gasteiger partial charge on any atom is 0.189 e. The van der Waals surface area contributed by atoms with E-state index >= 15 is 0 Å². The van der Waals surface area contributed by atoms with Gasteiger partial charge in [0.2, 0.25) is 0 Å². The van der Waals surface area contributed by atoms with Gasteiger partial charge in [-0.3, -0.25) is 4.98 Å². The molecular weight excluding hydrogens is 763 g/mol. The van der Waals surface area contributed by atoms with Gasteiger partial charge < -0.3 is 4.57 Å². The number of rotatable bonds is 5. The minimum absolute atomic E-state index is 0.641. The van der Waals surface area contributed by atoms with Crippen LogP contribution in [0, 0.1) is 6.57 Å². The van der Waals surface area contributed by atoms with E-state index in [9.17, 15) is 0 Å². The predicted octanol–water partition coefficient (Wildman–Crippen LogP) is 16.6. The SMILES string of the molecule is [C-]#[N+]c1ccc2c3ccc(-c4ccc5cc(-c6cc7ccc8cc(-c9ccc(-c%10cccc%11cccnc%10%11)cc9)cc9ccc(c6)c7c89)ccc5c4)cc3n(-c3ccccc3)c2c1. The number of hydrogen-bond donors (Lipinski definition) is 0. The Morgan fingerprint density at radius 2 is 0.873 bits per heavy atom. The van der Waals surface area contributed by atoms with Crippen molar-refractivity contribution >= 4 is 81.5 Å². The molecule has 0 spiro atoms. The van der Waals surface area contributed by atoms with Crippen molar-refractivity contribution in [3.63, 3.8) is 0 Å². The highest BCUT2D eigenvalue weighted by molar-refractivity contribution is 6.24. The van der Waals surface area contributed by atoms with Gasteiger partial charge in [0.05, 0.1) is 17.6 Å². The van der Waals surface area contributed by atoms with E-state index in [0.29, 0.717) is 5.69 Å². The number of hydrogen-bond acceptors (Lipinski definition) is 1. The summed E-state index contributed by atoms with van der Waals surface area (Å²) >= 11 is 0. The van der Waals surface area contributed by atoms with Crippen LogP contribution in [0.25, 0.3) is 131 Å². The molecule has 11 aromatic carbocycles. The van der Waals surface area contributed by atoms with Crippen molar-refractivity contribution in [3.05, 3.63) is 224 Å². The maximum absolute atomic E-state index is 7.66. The summed E-state index contributed by atoms with van der Waals surface area (Å²) < 4.78 is 2.29. The Bertz CT molecular complexity index is 3950. The second kappa shape index (κ2) is 13.7. The number of aromatic nitrogens is 2. The molecule has 0 aliphatic carbocycles. The summed E-state index contributed by atoms with van der Waals surface area (Å²) in [5.41, 5.74) is 14.4. The van der Waals surface area contributed by atoms with Crippen LogP contribution in [0.1, 0.15) is 0 Å². The van der Waals surface area contributed by atoms with E-state index in [0.717, 1.165) is 44.1 Å². The van der Waals surface area contributed by atoms with Gasteiger partial charge in [-0.15, -0.1) is 0 Å². The van der Waals surface area contributed by atoms with Gasteiger partial charge in [-0.25, -0.2) is 4.85 Å². The first-order chi connectivity index (χ1) is 31.1. The van der Waals surface area contributed by atoms with Crippen LogP contribution in [0.4, 0.5) is 5.69 Å². The number of para-hydroxylation sites is 2. The largest absolute Gasteiger partial charge is 0.310 e. The fourth-order valence-electron chi connectivity index (χ4n) is 10.1. The maximum atomic E-state index is 7.66. The van der Waals surface area contributed by atoms with Gasteiger partial charge >= 0.3 is 0 Å². The third kappa shape index (κ3) is 5.63. The normalized spacial score (nSPS) is 11.8. The molecule has 0 amide bonds. The smallest absolute Gasteiger partial charge is 0.189 e. The summed E-state index contributed by atoms with van der Waals surface area (Å²) in [4.78, 5) is 8.42. The Labute approximate surface area is 363 Å². The first-order valence-corrected chi connectivity index (χ1v) is 21.4. The Hall–Kier alpha value is -8.58. The van der Waals surface area contributed by atoms with E-state index in [1.54, 1.807) is 0 Å². The molecule has 0 N–H and O–H groups in total. The second-order valence-corrected chi connectivity index (χ2v) is 16.7. The fraction of sp³-hybridized carbons (Fsp3) is 0. The molecule has 2 heterocycles. The van der Waals surface area contributed by atoms with Crippen LogP contribution in [0.15, 0.2) is 212 Å². The molecule has 0 unspecified atom stereocenters. The highest BCUT2D eigenvalue weighted by Crippen LogP contribution is 2.42. The first-order valence-electron chi connectivity index (χ1n) is 21.4. The lowest BCUT2D eigenvalue weighted by Gasteiger charge is -2.15. The van der Waals surface area contributed by atoms with Crippen molar-refractivity contribution in [2.24, 2.45) is 0 Å². The van der Waals surface area contributed by atoms with E-state index in [4.69, 9.17) is 6.57 Å². The molecule has 3 nitrogen and oxygen atoms in total. The predicted molar refractivity (Wildman–Crippen MR) is 265 cm³/mol. The molecule has 0 saturated heterocycles. The topological polar surface area (TPSA) is 22.2 Å². The van der Waals surface area contributed by atoms with Gasteiger partial charge in [0.25, 0.3) is 0 Å². The standard InChI is InChI=1S/C60H35N3/c1-61-51-25-27-55-54-26-24-44(35-56(54)63(57(55)36-51)52-9-3-2-4-10-52)42-17-16-41-30-43(19-18-40(41)29-42)50-33-47-22-20-45-31-49(32-46-21-23-48(34-50)59(47)58(45)46)37-12-14-38(15-13-37)53-11-5-7-39-8-6-28-62-60(39)53/h2-36H. The van der Waals surface area contributed by atoms with E-state index in [-0.39, 0.29) is 0 Å². The molecule has 0 aliphatic heterocycles. The molecule has 13 rings (SSSR count). The van der Waals surface area contributed by atoms with Gasteiger partial charge in [-0.05, 0) is 149 Å². The van der Waals surface area contributed by atoms with Crippen LogP contribution in [0.3, 0.4) is 0 Å². The van der Waals surface area contributed by atoms with Crippen LogP contribution < -0.4 is 0 Å². The number of fused-ring (bicyclic) bond motifs is 5. The summed E-state index contributed by atoms with van der Waals surface area (Å²) in [7, 11) is 0. The van der Waals surface area contributed by atoms with Crippen LogP contribution in [0.2, 0.25) is 0 Å². The molecule has 0 fully saturated rings. The monoisotopic (exact) mass is 797 g/mol. The number of pyridine rings is 1. The zero-order chi connectivity index (χ0) is 41.6. The summed E-state index contributed by atoms with van der Waals surface area (Å²) in [5, 5.41) is 13.6.